The van der Waals surface area contributed by atoms with E-state index in [1.807, 2.05) is 0 Å². The van der Waals surface area contributed by atoms with Crippen LogP contribution in [0.3, 0.4) is 0 Å². The van der Waals surface area contributed by atoms with Crippen LogP contribution in [0, 0.1) is 12.8 Å². The fourth-order valence-electron chi connectivity index (χ4n) is 2.78. The summed E-state index contributed by atoms with van der Waals surface area (Å²) in [6, 6.07) is 2.10. The molecule has 0 aliphatic heterocycles. The summed E-state index contributed by atoms with van der Waals surface area (Å²) in [5.41, 5.74) is 5.77. The summed E-state index contributed by atoms with van der Waals surface area (Å²) in [5, 5.41) is 14.0. The first-order valence-electron chi connectivity index (χ1n) is 7.07. The van der Waals surface area contributed by atoms with Gasteiger partial charge in [-0.2, -0.15) is 4.98 Å². The van der Waals surface area contributed by atoms with Crippen LogP contribution in [0.4, 0.5) is 11.8 Å². The lowest BCUT2D eigenvalue weighted by Gasteiger charge is -2.25. The van der Waals surface area contributed by atoms with Crippen LogP contribution >= 0.6 is 11.3 Å². The number of nitrogens with one attached hydrogen (secondary N) is 1. The molecule has 0 spiro atoms. The highest BCUT2D eigenvalue weighted by molar-refractivity contribution is 7.18. The molecule has 0 atom stereocenters. The van der Waals surface area contributed by atoms with Gasteiger partial charge in [-0.15, -0.1) is 11.3 Å². The van der Waals surface area contributed by atoms with Crippen molar-refractivity contribution >= 4 is 33.3 Å². The first-order valence-corrected chi connectivity index (χ1v) is 7.89. The van der Waals surface area contributed by atoms with Crippen molar-refractivity contribution in [1.29, 1.82) is 0 Å². The Labute approximate surface area is 122 Å². The van der Waals surface area contributed by atoms with Crippen LogP contribution in [0.5, 0.6) is 0 Å². The molecule has 0 bridgehead atoms. The van der Waals surface area contributed by atoms with E-state index in [2.05, 4.69) is 28.3 Å². The predicted molar refractivity (Wildman–Crippen MR) is 83.0 cm³/mol. The Balaban J connectivity index is 1.73. The van der Waals surface area contributed by atoms with E-state index in [-0.39, 0.29) is 6.10 Å². The smallest absolute Gasteiger partial charge is 0.223 e. The first-order chi connectivity index (χ1) is 9.61. The van der Waals surface area contributed by atoms with Crippen molar-refractivity contribution in [3.05, 3.63) is 10.9 Å². The fraction of sp³-hybridized carbons (Fsp3) is 0.571. The predicted octanol–water partition coefficient (Wildman–Crippen LogP) is 2.54. The molecule has 20 heavy (non-hydrogen) atoms. The number of aromatic nitrogens is 2. The van der Waals surface area contributed by atoms with Crippen molar-refractivity contribution in [3.8, 4) is 0 Å². The van der Waals surface area contributed by atoms with Gasteiger partial charge in [-0.1, -0.05) is 0 Å². The van der Waals surface area contributed by atoms with Crippen LogP contribution in [-0.4, -0.2) is 27.7 Å². The average molecular weight is 292 g/mol. The summed E-state index contributed by atoms with van der Waals surface area (Å²) in [5.74, 6) is 1.76. The Hall–Kier alpha value is -1.40. The van der Waals surface area contributed by atoms with Crippen molar-refractivity contribution in [1.82, 2.24) is 9.97 Å². The molecule has 0 unspecified atom stereocenters. The fourth-order valence-corrected chi connectivity index (χ4v) is 3.67. The number of hydrogen-bond acceptors (Lipinski definition) is 6. The monoisotopic (exact) mass is 292 g/mol. The number of aliphatic hydroxyl groups excluding tert-OH is 1. The third-order valence-corrected chi connectivity index (χ3v) is 4.85. The minimum Gasteiger partial charge on any atom is -0.393 e. The van der Waals surface area contributed by atoms with E-state index >= 15 is 0 Å². The van der Waals surface area contributed by atoms with Gasteiger partial charge in [0.15, 0.2) is 0 Å². The quantitative estimate of drug-likeness (QED) is 0.809. The summed E-state index contributed by atoms with van der Waals surface area (Å²) in [7, 11) is 0. The van der Waals surface area contributed by atoms with Gasteiger partial charge < -0.3 is 16.2 Å². The lowest BCUT2D eigenvalue weighted by molar-refractivity contribution is 0.111. The molecule has 2 aromatic heterocycles. The topological polar surface area (TPSA) is 84.1 Å². The number of aliphatic hydroxyl groups is 1. The number of nitrogen functional groups attached to an aromatic ring is 1. The molecule has 1 fully saturated rings. The molecule has 1 aliphatic carbocycles. The summed E-state index contributed by atoms with van der Waals surface area (Å²) in [6.07, 6.45) is 3.85. The number of hydrogen-bond donors (Lipinski definition) is 3. The Morgan fingerprint density at radius 1 is 1.35 bits per heavy atom. The third kappa shape index (κ3) is 2.86. The van der Waals surface area contributed by atoms with E-state index in [0.717, 1.165) is 48.3 Å². The molecule has 5 nitrogen and oxygen atoms in total. The summed E-state index contributed by atoms with van der Waals surface area (Å²) in [6.45, 7) is 2.95. The summed E-state index contributed by atoms with van der Waals surface area (Å²) in [4.78, 5) is 10.8. The number of rotatable bonds is 3. The second kappa shape index (κ2) is 5.54. The first kappa shape index (κ1) is 13.6. The normalized spacial score (nSPS) is 23.1. The van der Waals surface area contributed by atoms with Crippen LogP contribution in [0.15, 0.2) is 6.07 Å². The molecule has 2 aromatic rings. The highest BCUT2D eigenvalue weighted by Crippen LogP contribution is 2.30. The van der Waals surface area contributed by atoms with Crippen molar-refractivity contribution in [2.75, 3.05) is 17.6 Å². The highest BCUT2D eigenvalue weighted by Gasteiger charge is 2.19. The highest BCUT2D eigenvalue weighted by atomic mass is 32.1. The average Bonchev–Trinajstić information content (AvgIpc) is 2.78. The van der Waals surface area contributed by atoms with Gasteiger partial charge >= 0.3 is 0 Å². The van der Waals surface area contributed by atoms with E-state index in [1.165, 1.54) is 4.88 Å². The molecular formula is C14H20N4OS. The molecule has 1 saturated carbocycles. The van der Waals surface area contributed by atoms with Gasteiger partial charge in [-0.05, 0) is 44.6 Å². The molecular weight excluding hydrogens is 272 g/mol. The van der Waals surface area contributed by atoms with Crippen LogP contribution < -0.4 is 11.1 Å². The molecule has 0 amide bonds. The molecule has 0 saturated heterocycles. The number of aryl methyl sites for hydroxylation is 1. The van der Waals surface area contributed by atoms with Crippen LogP contribution in [0.25, 0.3) is 10.2 Å². The molecule has 2 heterocycles. The number of thiophene rings is 1. The van der Waals surface area contributed by atoms with Crippen LogP contribution in [0.1, 0.15) is 30.6 Å². The molecule has 1 aliphatic rings. The minimum atomic E-state index is -0.104. The van der Waals surface area contributed by atoms with Gasteiger partial charge in [0.25, 0.3) is 0 Å². The molecule has 6 heteroatoms. The zero-order valence-electron chi connectivity index (χ0n) is 11.6. The van der Waals surface area contributed by atoms with Gasteiger partial charge in [0.2, 0.25) is 5.95 Å². The van der Waals surface area contributed by atoms with Crippen molar-refractivity contribution in [2.45, 2.75) is 38.7 Å². The van der Waals surface area contributed by atoms with Gasteiger partial charge in [0, 0.05) is 11.4 Å². The summed E-state index contributed by atoms with van der Waals surface area (Å²) < 4.78 is 0. The minimum absolute atomic E-state index is 0.104. The Morgan fingerprint density at radius 3 is 2.85 bits per heavy atom. The number of nitrogens with zero attached hydrogens (tertiary/aromatic N) is 2. The van der Waals surface area contributed by atoms with E-state index in [9.17, 15) is 5.11 Å². The van der Waals surface area contributed by atoms with Crippen LogP contribution in [0.2, 0.25) is 0 Å². The second-order valence-corrected chi connectivity index (χ2v) is 6.80. The Bertz CT molecular complexity index is 604. The van der Waals surface area contributed by atoms with Crippen molar-refractivity contribution in [2.24, 2.45) is 5.92 Å². The number of nitrogens with two attached hydrogens (primary N) is 1. The third-order valence-electron chi connectivity index (χ3n) is 3.91. The lowest BCUT2D eigenvalue weighted by atomic mass is 9.87. The zero-order valence-corrected chi connectivity index (χ0v) is 12.4. The number of anilines is 2. The van der Waals surface area contributed by atoms with Gasteiger partial charge in [-0.25, -0.2) is 4.98 Å². The zero-order chi connectivity index (χ0) is 14.1. The van der Waals surface area contributed by atoms with Gasteiger partial charge in [0.1, 0.15) is 10.6 Å². The van der Waals surface area contributed by atoms with Gasteiger partial charge in [-0.3, -0.25) is 0 Å². The Kier molecular flexibility index (Phi) is 3.76. The lowest BCUT2D eigenvalue weighted by Crippen LogP contribution is -2.23. The van der Waals surface area contributed by atoms with E-state index in [0.29, 0.717) is 11.9 Å². The molecule has 0 radical (unpaired) electrons. The van der Waals surface area contributed by atoms with Crippen LogP contribution in [-0.2, 0) is 0 Å². The number of fused-ring (bicyclic) bond motifs is 1. The maximum atomic E-state index is 9.54. The van der Waals surface area contributed by atoms with E-state index in [4.69, 9.17) is 5.73 Å². The van der Waals surface area contributed by atoms with Crippen molar-refractivity contribution < 1.29 is 5.11 Å². The van der Waals surface area contributed by atoms with Gasteiger partial charge in [0.05, 0.1) is 11.5 Å². The largest absolute Gasteiger partial charge is 0.393 e. The summed E-state index contributed by atoms with van der Waals surface area (Å²) >= 11 is 1.64. The van der Waals surface area contributed by atoms with Crippen molar-refractivity contribution in [3.63, 3.8) is 0 Å². The second-order valence-electron chi connectivity index (χ2n) is 5.56. The molecule has 4 N–H and O–H groups in total. The maximum absolute atomic E-state index is 9.54. The standard InChI is InChI=1S/C14H20N4OS/c1-8-6-11-12(17-14(15)18-13(11)20-8)16-7-9-2-4-10(19)5-3-9/h6,9-10,19H,2-5,7H2,1H3,(H3,15,16,17,18). The Morgan fingerprint density at radius 2 is 2.10 bits per heavy atom. The maximum Gasteiger partial charge on any atom is 0.223 e. The van der Waals surface area contributed by atoms with E-state index < -0.39 is 0 Å². The molecule has 3 rings (SSSR count). The molecule has 108 valence electrons. The molecule has 0 aromatic carbocycles. The van der Waals surface area contributed by atoms with E-state index in [1.54, 1.807) is 11.3 Å². The SMILES string of the molecule is Cc1cc2c(NCC3CCC(O)CC3)nc(N)nc2s1.